The van der Waals surface area contributed by atoms with E-state index in [1.54, 1.807) is 22.7 Å². The van der Waals surface area contributed by atoms with Crippen LogP contribution in [-0.4, -0.2) is 23.6 Å². The van der Waals surface area contributed by atoms with Gasteiger partial charge in [-0.15, -0.1) is 22.7 Å². The first-order valence-corrected chi connectivity index (χ1v) is 8.75. The molecule has 0 aliphatic heterocycles. The summed E-state index contributed by atoms with van der Waals surface area (Å²) < 4.78 is 4.96. The lowest BCUT2D eigenvalue weighted by Gasteiger charge is -2.25. The van der Waals surface area contributed by atoms with E-state index < -0.39 is 0 Å². The van der Waals surface area contributed by atoms with Crippen LogP contribution in [0.1, 0.15) is 31.3 Å². The van der Waals surface area contributed by atoms with Gasteiger partial charge in [0.1, 0.15) is 0 Å². The zero-order valence-corrected chi connectivity index (χ0v) is 14.2. The van der Waals surface area contributed by atoms with Crippen LogP contribution in [0.15, 0.2) is 22.9 Å². The number of carbonyl (C=O) groups excluding carboxylic acids is 1. The van der Waals surface area contributed by atoms with Gasteiger partial charge < -0.3 is 9.64 Å². The molecule has 2 rings (SSSR count). The van der Waals surface area contributed by atoms with Crippen LogP contribution < -0.4 is 4.90 Å². The minimum absolute atomic E-state index is 0.219. The van der Waals surface area contributed by atoms with Crippen molar-refractivity contribution in [2.45, 2.75) is 39.8 Å². The fourth-order valence-corrected chi connectivity index (χ4v) is 3.57. The van der Waals surface area contributed by atoms with Gasteiger partial charge in [-0.1, -0.05) is 6.07 Å². The number of thiazole rings is 1. The topological polar surface area (TPSA) is 42.4 Å². The number of hydrogen-bond acceptors (Lipinski definition) is 6. The first kappa shape index (κ1) is 16.0. The Morgan fingerprint density at radius 3 is 2.86 bits per heavy atom. The molecular formula is C15H20N2O2S2. The van der Waals surface area contributed by atoms with Crippen LogP contribution in [0.4, 0.5) is 5.13 Å². The van der Waals surface area contributed by atoms with Gasteiger partial charge in [0.25, 0.3) is 0 Å². The number of ether oxygens (including phenoxy) is 1. The van der Waals surface area contributed by atoms with Gasteiger partial charge in [-0.05, 0) is 32.2 Å². The lowest BCUT2D eigenvalue weighted by Crippen LogP contribution is -2.29. The van der Waals surface area contributed by atoms with Crippen LogP contribution in [0, 0.1) is 0 Å². The summed E-state index contributed by atoms with van der Waals surface area (Å²) in [6.07, 6.45) is 0.245. The second kappa shape index (κ2) is 7.56. The average molecular weight is 324 g/mol. The van der Waals surface area contributed by atoms with Gasteiger partial charge in [-0.25, -0.2) is 4.98 Å². The zero-order valence-electron chi connectivity index (χ0n) is 12.5. The number of carbonyl (C=O) groups is 1. The molecule has 0 bridgehead atoms. The van der Waals surface area contributed by atoms with E-state index in [4.69, 9.17) is 4.74 Å². The molecule has 2 aromatic rings. The van der Waals surface area contributed by atoms with Crippen LogP contribution in [0.5, 0.6) is 0 Å². The van der Waals surface area contributed by atoms with E-state index in [0.717, 1.165) is 17.4 Å². The molecule has 0 saturated heterocycles. The summed E-state index contributed by atoms with van der Waals surface area (Å²) in [6, 6.07) is 4.55. The molecule has 0 fully saturated rings. The molecule has 0 atom stereocenters. The maximum Gasteiger partial charge on any atom is 0.311 e. The van der Waals surface area contributed by atoms with Gasteiger partial charge >= 0.3 is 5.97 Å². The Bertz CT molecular complexity index is 564. The third kappa shape index (κ3) is 4.54. The van der Waals surface area contributed by atoms with Gasteiger partial charge in [0.05, 0.1) is 25.3 Å². The molecule has 0 radical (unpaired) electrons. The molecular weight excluding hydrogens is 304 g/mol. The van der Waals surface area contributed by atoms with Gasteiger partial charge in [0.2, 0.25) is 0 Å². The number of anilines is 1. The molecule has 2 heterocycles. The van der Waals surface area contributed by atoms with Crippen molar-refractivity contribution in [1.82, 2.24) is 4.98 Å². The van der Waals surface area contributed by atoms with Crippen LogP contribution in [0.25, 0.3) is 0 Å². The van der Waals surface area contributed by atoms with E-state index in [1.807, 2.05) is 12.3 Å². The second-order valence-electron chi connectivity index (χ2n) is 4.90. The minimum atomic E-state index is -0.219. The Morgan fingerprint density at radius 1 is 1.43 bits per heavy atom. The van der Waals surface area contributed by atoms with E-state index in [0.29, 0.717) is 12.6 Å². The molecule has 4 nitrogen and oxygen atoms in total. The van der Waals surface area contributed by atoms with Gasteiger partial charge in [-0.3, -0.25) is 4.79 Å². The number of nitrogens with zero attached hydrogens (tertiary/aromatic N) is 2. The number of aromatic nitrogens is 1. The predicted octanol–water partition coefficient (Wildman–Crippen LogP) is 3.73. The monoisotopic (exact) mass is 324 g/mol. The first-order valence-electron chi connectivity index (χ1n) is 6.99. The highest BCUT2D eigenvalue weighted by Crippen LogP contribution is 2.26. The smallest absolute Gasteiger partial charge is 0.311 e. The highest BCUT2D eigenvalue weighted by molar-refractivity contribution is 7.13. The van der Waals surface area contributed by atoms with E-state index in [1.165, 1.54) is 4.88 Å². The molecule has 0 N–H and O–H groups in total. The van der Waals surface area contributed by atoms with Gasteiger partial charge in [0, 0.05) is 16.3 Å². The maximum atomic E-state index is 11.5. The summed E-state index contributed by atoms with van der Waals surface area (Å²) in [5.74, 6) is -0.219. The second-order valence-corrected chi connectivity index (χ2v) is 6.77. The Balaban J connectivity index is 2.07. The third-order valence-electron chi connectivity index (χ3n) is 2.95. The van der Waals surface area contributed by atoms with Crippen molar-refractivity contribution < 1.29 is 9.53 Å². The summed E-state index contributed by atoms with van der Waals surface area (Å²) >= 11 is 3.33. The molecule has 114 valence electrons. The number of rotatable bonds is 7. The van der Waals surface area contributed by atoms with Gasteiger partial charge in [-0.2, -0.15) is 0 Å². The summed E-state index contributed by atoms with van der Waals surface area (Å²) in [7, 11) is 0. The van der Waals surface area contributed by atoms with E-state index in [2.05, 4.69) is 41.2 Å². The lowest BCUT2D eigenvalue weighted by molar-refractivity contribution is -0.142. The van der Waals surface area contributed by atoms with E-state index in [-0.39, 0.29) is 12.4 Å². The molecule has 0 unspecified atom stereocenters. The van der Waals surface area contributed by atoms with E-state index >= 15 is 0 Å². The maximum absolute atomic E-state index is 11.5. The van der Waals surface area contributed by atoms with Crippen molar-refractivity contribution in [3.05, 3.63) is 33.5 Å². The van der Waals surface area contributed by atoms with E-state index in [9.17, 15) is 4.79 Å². The molecule has 0 amide bonds. The van der Waals surface area contributed by atoms with Crippen LogP contribution in [0.3, 0.4) is 0 Å². The lowest BCUT2D eigenvalue weighted by atomic mass is 10.3. The predicted molar refractivity (Wildman–Crippen MR) is 88.1 cm³/mol. The molecule has 0 aliphatic rings. The largest absolute Gasteiger partial charge is 0.466 e. The summed E-state index contributed by atoms with van der Waals surface area (Å²) in [5, 5.41) is 4.98. The number of thiophene rings is 1. The molecule has 0 saturated carbocycles. The fourth-order valence-electron chi connectivity index (χ4n) is 1.91. The highest BCUT2D eigenvalue weighted by Gasteiger charge is 2.17. The molecule has 0 spiro atoms. The fraction of sp³-hybridized carbons (Fsp3) is 0.467. The number of hydrogen-bond donors (Lipinski definition) is 0. The Morgan fingerprint density at radius 2 is 2.24 bits per heavy atom. The number of esters is 1. The molecule has 21 heavy (non-hydrogen) atoms. The Labute approximate surface area is 133 Å². The van der Waals surface area contributed by atoms with Crippen LogP contribution in [0.2, 0.25) is 0 Å². The molecule has 2 aromatic heterocycles. The molecule has 0 aliphatic carbocycles. The van der Waals surface area contributed by atoms with Crippen molar-refractivity contribution in [1.29, 1.82) is 0 Å². The first-order chi connectivity index (χ1) is 10.1. The van der Waals surface area contributed by atoms with Crippen molar-refractivity contribution in [2.24, 2.45) is 0 Å². The van der Waals surface area contributed by atoms with Gasteiger partial charge in [0.15, 0.2) is 5.13 Å². The molecule has 0 aromatic carbocycles. The standard InChI is InChI=1S/C15H20N2O2S2/c1-4-19-14(18)8-12-10-21-15(16-12)17(11(2)3)9-13-6-5-7-20-13/h5-7,10-11H,4,8-9H2,1-3H3. The van der Waals surface area contributed by atoms with Crippen molar-refractivity contribution >= 4 is 33.8 Å². The third-order valence-corrected chi connectivity index (χ3v) is 4.73. The summed E-state index contributed by atoms with van der Waals surface area (Å²) in [6.45, 7) is 7.37. The highest BCUT2D eigenvalue weighted by atomic mass is 32.1. The Kier molecular flexibility index (Phi) is 5.76. The van der Waals surface area contributed by atoms with Crippen molar-refractivity contribution in [3.8, 4) is 0 Å². The quantitative estimate of drug-likeness (QED) is 0.728. The van der Waals surface area contributed by atoms with Crippen LogP contribution in [-0.2, 0) is 22.5 Å². The zero-order chi connectivity index (χ0) is 15.2. The average Bonchev–Trinajstić information content (AvgIpc) is 3.07. The van der Waals surface area contributed by atoms with Crippen molar-refractivity contribution in [3.63, 3.8) is 0 Å². The summed E-state index contributed by atoms with van der Waals surface area (Å²) in [5.41, 5.74) is 0.783. The van der Waals surface area contributed by atoms with Crippen molar-refractivity contribution in [2.75, 3.05) is 11.5 Å². The normalized spacial score (nSPS) is 10.9. The molecule has 6 heteroatoms. The van der Waals surface area contributed by atoms with Crippen LogP contribution >= 0.6 is 22.7 Å². The SMILES string of the molecule is CCOC(=O)Cc1csc(N(Cc2cccs2)C(C)C)n1. The minimum Gasteiger partial charge on any atom is -0.466 e. The Hall–Kier alpha value is -1.40. The summed E-state index contributed by atoms with van der Waals surface area (Å²) in [4.78, 5) is 19.7.